The summed E-state index contributed by atoms with van der Waals surface area (Å²) in [5.74, 6) is 5.67. The molecule has 6 heteroatoms. The Labute approximate surface area is 119 Å². The Hall–Kier alpha value is -0.690. The van der Waals surface area contributed by atoms with Gasteiger partial charge >= 0.3 is 0 Å². The Morgan fingerprint density at radius 1 is 1.56 bits per heavy atom. The largest absolute Gasteiger partial charge is 0.271 e. The maximum Gasteiger partial charge on any atom is 0.0701 e. The summed E-state index contributed by atoms with van der Waals surface area (Å²) in [5, 5.41) is 6.58. The van der Waals surface area contributed by atoms with Crippen molar-refractivity contribution in [3.63, 3.8) is 0 Å². The van der Waals surface area contributed by atoms with Gasteiger partial charge in [0.25, 0.3) is 0 Å². The average Bonchev–Trinajstić information content (AvgIpc) is 2.92. The molecule has 2 aromatic heterocycles. The first-order chi connectivity index (χ1) is 8.63. The zero-order valence-corrected chi connectivity index (χ0v) is 12.9. The summed E-state index contributed by atoms with van der Waals surface area (Å²) >= 11 is 5.15. The highest BCUT2D eigenvalue weighted by atomic mass is 79.9. The van der Waals surface area contributed by atoms with Crippen molar-refractivity contribution >= 4 is 27.3 Å². The van der Waals surface area contributed by atoms with Gasteiger partial charge in [-0.05, 0) is 52.9 Å². The van der Waals surface area contributed by atoms with Crippen LogP contribution in [0.25, 0.3) is 0 Å². The van der Waals surface area contributed by atoms with Crippen LogP contribution in [0.1, 0.15) is 29.9 Å². The molecule has 0 radical (unpaired) electrons. The van der Waals surface area contributed by atoms with Crippen LogP contribution in [0.3, 0.4) is 0 Å². The molecule has 0 saturated carbocycles. The van der Waals surface area contributed by atoms with Gasteiger partial charge in [0.15, 0.2) is 0 Å². The van der Waals surface area contributed by atoms with Crippen LogP contribution >= 0.6 is 27.3 Å². The molecule has 1 unspecified atom stereocenters. The van der Waals surface area contributed by atoms with E-state index in [0.29, 0.717) is 0 Å². The number of halogens is 1. The lowest BCUT2D eigenvalue weighted by Gasteiger charge is -2.15. The number of aryl methyl sites for hydroxylation is 2. The number of nitrogens with zero attached hydrogens (tertiary/aromatic N) is 2. The molecule has 0 saturated heterocycles. The molecule has 0 bridgehead atoms. The second-order valence-electron chi connectivity index (χ2n) is 4.20. The van der Waals surface area contributed by atoms with E-state index in [-0.39, 0.29) is 6.04 Å². The minimum atomic E-state index is 0.119. The third kappa shape index (κ3) is 3.00. The number of rotatable bonds is 5. The fourth-order valence-electron chi connectivity index (χ4n) is 2.03. The van der Waals surface area contributed by atoms with Gasteiger partial charge in [-0.3, -0.25) is 16.0 Å². The van der Waals surface area contributed by atoms with Gasteiger partial charge in [-0.1, -0.05) is 0 Å². The summed E-state index contributed by atoms with van der Waals surface area (Å²) < 4.78 is 3.15. The molecule has 3 N–H and O–H groups in total. The highest BCUT2D eigenvalue weighted by molar-refractivity contribution is 9.11. The Morgan fingerprint density at radius 3 is 2.89 bits per heavy atom. The number of hydrogen-bond acceptors (Lipinski definition) is 4. The van der Waals surface area contributed by atoms with E-state index in [0.717, 1.165) is 22.4 Å². The van der Waals surface area contributed by atoms with Crippen molar-refractivity contribution in [1.29, 1.82) is 0 Å². The topological polar surface area (TPSA) is 55.9 Å². The molecule has 0 aromatic carbocycles. The third-order valence-electron chi connectivity index (χ3n) is 2.89. The predicted octanol–water partition coefficient (Wildman–Crippen LogP) is 2.78. The molecule has 4 nitrogen and oxygen atoms in total. The summed E-state index contributed by atoms with van der Waals surface area (Å²) in [6.07, 6.45) is 0.842. The Morgan fingerprint density at radius 2 is 2.33 bits per heavy atom. The van der Waals surface area contributed by atoms with Crippen molar-refractivity contribution in [3.8, 4) is 0 Å². The summed E-state index contributed by atoms with van der Waals surface area (Å²) in [6, 6.07) is 4.35. The van der Waals surface area contributed by atoms with Gasteiger partial charge in [-0.15, -0.1) is 11.3 Å². The average molecular weight is 329 g/mol. The van der Waals surface area contributed by atoms with Gasteiger partial charge in [-0.2, -0.15) is 5.10 Å². The predicted molar refractivity (Wildman–Crippen MR) is 78.4 cm³/mol. The molecule has 0 aliphatic heterocycles. The van der Waals surface area contributed by atoms with E-state index in [9.17, 15) is 0 Å². The SMILES string of the molecule is CCn1nc(C)cc1CC(NN)c1csc(Br)c1. The molecular formula is C12H17BrN4S. The minimum Gasteiger partial charge on any atom is -0.271 e. The van der Waals surface area contributed by atoms with Crippen LogP contribution in [0.15, 0.2) is 21.3 Å². The monoisotopic (exact) mass is 328 g/mol. The second-order valence-corrected chi connectivity index (χ2v) is 6.49. The highest BCUT2D eigenvalue weighted by Gasteiger charge is 2.15. The molecule has 2 aromatic rings. The van der Waals surface area contributed by atoms with Crippen LogP contribution in [0.5, 0.6) is 0 Å². The normalized spacial score (nSPS) is 12.9. The zero-order valence-electron chi connectivity index (χ0n) is 10.5. The molecule has 0 amide bonds. The molecule has 2 heterocycles. The van der Waals surface area contributed by atoms with Crippen LogP contribution in [0.2, 0.25) is 0 Å². The van der Waals surface area contributed by atoms with E-state index in [4.69, 9.17) is 5.84 Å². The van der Waals surface area contributed by atoms with Crippen LogP contribution in [0.4, 0.5) is 0 Å². The molecule has 1 atom stereocenters. The van der Waals surface area contributed by atoms with E-state index >= 15 is 0 Å². The molecule has 0 aliphatic rings. The first kappa shape index (κ1) is 13.7. The number of hydrazine groups is 1. The molecule has 18 heavy (non-hydrogen) atoms. The number of nitrogens with two attached hydrogens (primary N) is 1. The Bertz CT molecular complexity index is 520. The number of thiophene rings is 1. The first-order valence-corrected chi connectivity index (χ1v) is 7.54. The zero-order chi connectivity index (χ0) is 13.1. The van der Waals surface area contributed by atoms with Gasteiger partial charge in [-0.25, -0.2) is 0 Å². The van der Waals surface area contributed by atoms with Crippen molar-refractivity contribution in [3.05, 3.63) is 38.3 Å². The number of hydrogen-bond donors (Lipinski definition) is 2. The maximum atomic E-state index is 5.67. The van der Waals surface area contributed by atoms with Gasteiger partial charge in [0.05, 0.1) is 15.5 Å². The van der Waals surface area contributed by atoms with Crippen LogP contribution in [0, 0.1) is 6.92 Å². The lowest BCUT2D eigenvalue weighted by atomic mass is 10.1. The summed E-state index contributed by atoms with van der Waals surface area (Å²) in [5.41, 5.74) is 6.35. The van der Waals surface area contributed by atoms with E-state index in [1.54, 1.807) is 11.3 Å². The van der Waals surface area contributed by atoms with Crippen LogP contribution in [-0.2, 0) is 13.0 Å². The lowest BCUT2D eigenvalue weighted by molar-refractivity contribution is 0.518. The van der Waals surface area contributed by atoms with Crippen LogP contribution in [-0.4, -0.2) is 9.78 Å². The van der Waals surface area contributed by atoms with Crippen molar-refractivity contribution in [2.45, 2.75) is 32.9 Å². The van der Waals surface area contributed by atoms with Crippen molar-refractivity contribution in [2.24, 2.45) is 5.84 Å². The molecule has 0 spiro atoms. The van der Waals surface area contributed by atoms with Crippen molar-refractivity contribution in [2.75, 3.05) is 0 Å². The molecule has 98 valence electrons. The highest BCUT2D eigenvalue weighted by Crippen LogP contribution is 2.27. The summed E-state index contributed by atoms with van der Waals surface area (Å²) in [4.78, 5) is 0. The molecule has 0 fully saturated rings. The molecular weight excluding hydrogens is 312 g/mol. The van der Waals surface area contributed by atoms with Crippen molar-refractivity contribution in [1.82, 2.24) is 15.2 Å². The van der Waals surface area contributed by atoms with E-state index < -0.39 is 0 Å². The molecule has 0 aliphatic carbocycles. The van der Waals surface area contributed by atoms with Gasteiger partial charge in [0.1, 0.15) is 0 Å². The lowest BCUT2D eigenvalue weighted by Crippen LogP contribution is -2.29. The smallest absolute Gasteiger partial charge is 0.0701 e. The third-order valence-corrected chi connectivity index (χ3v) is 4.41. The Kier molecular flexibility index (Phi) is 4.55. The van der Waals surface area contributed by atoms with E-state index in [1.807, 2.05) is 11.6 Å². The second kappa shape index (κ2) is 5.97. The summed E-state index contributed by atoms with van der Waals surface area (Å²) in [6.45, 7) is 5.00. The Balaban J connectivity index is 2.19. The quantitative estimate of drug-likeness (QED) is 0.655. The fourth-order valence-corrected chi connectivity index (χ4v) is 3.26. The minimum absolute atomic E-state index is 0.119. The standard InChI is InChI=1S/C12H17BrN4S/c1-3-17-10(4-8(2)16-17)6-11(15-14)9-5-12(13)18-7-9/h4-5,7,11,15H,3,6,14H2,1-2H3. The van der Waals surface area contributed by atoms with Crippen LogP contribution < -0.4 is 11.3 Å². The number of nitrogens with one attached hydrogen (secondary N) is 1. The maximum absolute atomic E-state index is 5.67. The van der Waals surface area contributed by atoms with Gasteiger partial charge in [0.2, 0.25) is 0 Å². The van der Waals surface area contributed by atoms with E-state index in [1.165, 1.54) is 11.3 Å². The number of aromatic nitrogens is 2. The first-order valence-electron chi connectivity index (χ1n) is 5.87. The van der Waals surface area contributed by atoms with Crippen molar-refractivity contribution < 1.29 is 0 Å². The van der Waals surface area contributed by atoms with E-state index in [2.05, 4.69) is 50.9 Å². The fraction of sp³-hybridized carbons (Fsp3) is 0.417. The molecule has 2 rings (SSSR count). The van der Waals surface area contributed by atoms with Gasteiger partial charge < -0.3 is 0 Å². The van der Waals surface area contributed by atoms with Gasteiger partial charge in [0, 0.05) is 18.7 Å². The summed E-state index contributed by atoms with van der Waals surface area (Å²) in [7, 11) is 0.